The van der Waals surface area contributed by atoms with Crippen LogP contribution in [0.5, 0.6) is 0 Å². The van der Waals surface area contributed by atoms with Crippen molar-refractivity contribution in [1.82, 2.24) is 0 Å². The van der Waals surface area contributed by atoms with Crippen molar-refractivity contribution in [1.29, 1.82) is 0 Å². The molecule has 10 heteroatoms. The third kappa shape index (κ3) is 5.14. The zero-order valence-electron chi connectivity index (χ0n) is 14.3. The molecule has 1 unspecified atom stereocenters. The van der Waals surface area contributed by atoms with Gasteiger partial charge in [0.2, 0.25) is 15.9 Å². The lowest BCUT2D eigenvalue weighted by Crippen LogP contribution is -2.45. The van der Waals surface area contributed by atoms with Crippen LogP contribution >= 0.6 is 11.6 Å². The predicted molar refractivity (Wildman–Crippen MR) is 98.3 cm³/mol. The SMILES string of the molecule is CC(C(=O)Nc1ccccc1Cl)N(c1cccc(C(F)(F)F)c1)S(C)(=O)=O. The molecule has 1 amide bonds. The van der Waals surface area contributed by atoms with Crippen molar-refractivity contribution in [3.05, 3.63) is 59.1 Å². The number of rotatable bonds is 5. The number of carbonyl (C=O) groups is 1. The fourth-order valence-corrected chi connectivity index (χ4v) is 3.78. The molecule has 0 spiro atoms. The van der Waals surface area contributed by atoms with E-state index >= 15 is 0 Å². The standard InChI is InChI=1S/C17H16ClF3N2O3S/c1-11(16(24)22-15-9-4-3-8-14(15)18)23(27(2,25)26)13-7-5-6-12(10-13)17(19,20)21/h3-11H,1-2H3,(H,22,24). The van der Waals surface area contributed by atoms with E-state index in [4.69, 9.17) is 11.6 Å². The maximum absolute atomic E-state index is 13.0. The van der Waals surface area contributed by atoms with Gasteiger partial charge in [0.15, 0.2) is 0 Å². The highest BCUT2D eigenvalue weighted by molar-refractivity contribution is 7.92. The topological polar surface area (TPSA) is 66.5 Å². The Morgan fingerprint density at radius 2 is 1.78 bits per heavy atom. The molecule has 1 atom stereocenters. The largest absolute Gasteiger partial charge is 0.416 e. The fraction of sp³-hybridized carbons (Fsp3) is 0.235. The molecule has 2 aromatic rings. The smallest absolute Gasteiger partial charge is 0.323 e. The van der Waals surface area contributed by atoms with E-state index in [9.17, 15) is 26.4 Å². The molecular formula is C17H16ClF3N2O3S. The predicted octanol–water partition coefficient (Wildman–Crippen LogP) is 4.15. The summed E-state index contributed by atoms with van der Waals surface area (Å²) in [6.45, 7) is 1.27. The number of halogens is 4. The highest BCUT2D eigenvalue weighted by Gasteiger charge is 2.34. The number of nitrogens with one attached hydrogen (secondary N) is 1. The Hall–Kier alpha value is -2.26. The Kier molecular flexibility index (Phi) is 6.06. The summed E-state index contributed by atoms with van der Waals surface area (Å²) in [4.78, 5) is 12.5. The van der Waals surface area contributed by atoms with Gasteiger partial charge in [0.25, 0.3) is 0 Å². The first kappa shape index (κ1) is 21.0. The van der Waals surface area contributed by atoms with Crippen LogP contribution in [-0.2, 0) is 21.0 Å². The number of amides is 1. The minimum atomic E-state index is -4.65. The molecule has 5 nitrogen and oxygen atoms in total. The van der Waals surface area contributed by atoms with E-state index in [2.05, 4.69) is 5.32 Å². The van der Waals surface area contributed by atoms with Gasteiger partial charge in [-0.2, -0.15) is 13.2 Å². The Balaban J connectivity index is 2.40. The summed E-state index contributed by atoms with van der Waals surface area (Å²) in [6.07, 6.45) is -3.84. The minimum Gasteiger partial charge on any atom is -0.323 e. The second-order valence-electron chi connectivity index (χ2n) is 5.75. The van der Waals surface area contributed by atoms with Crippen molar-refractivity contribution in [3.8, 4) is 0 Å². The molecule has 1 N–H and O–H groups in total. The van der Waals surface area contributed by atoms with Gasteiger partial charge in [-0.1, -0.05) is 29.8 Å². The summed E-state index contributed by atoms with van der Waals surface area (Å²) in [5.74, 6) is -0.745. The number of para-hydroxylation sites is 1. The van der Waals surface area contributed by atoms with Gasteiger partial charge in [-0.25, -0.2) is 8.42 Å². The maximum atomic E-state index is 13.0. The Morgan fingerprint density at radius 3 is 2.33 bits per heavy atom. The molecular weight excluding hydrogens is 405 g/mol. The van der Waals surface area contributed by atoms with Gasteiger partial charge < -0.3 is 5.32 Å². The van der Waals surface area contributed by atoms with Gasteiger partial charge >= 0.3 is 6.18 Å². The van der Waals surface area contributed by atoms with Crippen molar-refractivity contribution in [3.63, 3.8) is 0 Å². The third-order valence-electron chi connectivity index (χ3n) is 3.65. The summed E-state index contributed by atoms with van der Waals surface area (Å²) in [6, 6.07) is 8.76. The molecule has 2 rings (SSSR count). The number of alkyl halides is 3. The van der Waals surface area contributed by atoms with E-state index in [1.165, 1.54) is 25.1 Å². The Morgan fingerprint density at radius 1 is 1.15 bits per heavy atom. The lowest BCUT2D eigenvalue weighted by molar-refractivity contribution is -0.137. The van der Waals surface area contributed by atoms with Crippen LogP contribution in [-0.4, -0.2) is 26.6 Å². The van der Waals surface area contributed by atoms with Gasteiger partial charge in [0.05, 0.1) is 28.2 Å². The van der Waals surface area contributed by atoms with Crippen LogP contribution in [0.4, 0.5) is 24.5 Å². The number of sulfonamides is 1. The molecule has 0 aromatic heterocycles. The van der Waals surface area contributed by atoms with Crippen LogP contribution in [0.2, 0.25) is 5.02 Å². The quantitative estimate of drug-likeness (QED) is 0.790. The zero-order chi connectivity index (χ0) is 20.4. The molecule has 0 heterocycles. The lowest BCUT2D eigenvalue weighted by atomic mass is 10.1. The van der Waals surface area contributed by atoms with Crippen LogP contribution in [0, 0.1) is 0 Å². The number of nitrogens with zero attached hydrogens (tertiary/aromatic N) is 1. The van der Waals surface area contributed by atoms with Crippen LogP contribution in [0.1, 0.15) is 12.5 Å². The number of benzene rings is 2. The molecule has 0 bridgehead atoms. The first-order valence-electron chi connectivity index (χ1n) is 7.63. The minimum absolute atomic E-state index is 0.239. The van der Waals surface area contributed by atoms with Crippen molar-refractivity contribution in [2.45, 2.75) is 19.1 Å². The molecule has 0 aliphatic rings. The maximum Gasteiger partial charge on any atom is 0.416 e. The second-order valence-corrected chi connectivity index (χ2v) is 8.02. The first-order chi connectivity index (χ1) is 12.4. The Labute approximate surface area is 159 Å². The Bertz CT molecular complexity index is 948. The van der Waals surface area contributed by atoms with Crippen molar-refractivity contribution in [2.24, 2.45) is 0 Å². The summed E-state index contributed by atoms with van der Waals surface area (Å²) in [5, 5.41) is 2.72. The molecule has 0 fully saturated rings. The van der Waals surface area contributed by atoms with Gasteiger partial charge in [-0.05, 0) is 37.3 Å². The number of hydrogen-bond donors (Lipinski definition) is 1. The molecule has 0 radical (unpaired) electrons. The van der Waals surface area contributed by atoms with E-state index in [0.717, 1.165) is 18.4 Å². The van der Waals surface area contributed by atoms with E-state index < -0.39 is 33.7 Å². The van der Waals surface area contributed by atoms with E-state index in [0.29, 0.717) is 10.4 Å². The highest BCUT2D eigenvalue weighted by Crippen LogP contribution is 2.33. The molecule has 2 aromatic carbocycles. The van der Waals surface area contributed by atoms with Crippen molar-refractivity contribution >= 4 is 38.9 Å². The molecule has 146 valence electrons. The van der Waals surface area contributed by atoms with Crippen molar-refractivity contribution in [2.75, 3.05) is 15.9 Å². The van der Waals surface area contributed by atoms with Gasteiger partial charge in [-0.15, -0.1) is 0 Å². The van der Waals surface area contributed by atoms with Crippen LogP contribution in [0.15, 0.2) is 48.5 Å². The van der Waals surface area contributed by atoms with Crippen molar-refractivity contribution < 1.29 is 26.4 Å². The number of anilines is 2. The zero-order valence-corrected chi connectivity index (χ0v) is 15.9. The average Bonchev–Trinajstić information content (AvgIpc) is 2.55. The summed E-state index contributed by atoms with van der Waals surface area (Å²) < 4.78 is 63.9. The lowest BCUT2D eigenvalue weighted by Gasteiger charge is -2.28. The normalized spacial score (nSPS) is 13.1. The number of carbonyl (C=O) groups excluding carboxylic acids is 1. The molecule has 0 saturated heterocycles. The monoisotopic (exact) mass is 420 g/mol. The highest BCUT2D eigenvalue weighted by atomic mass is 35.5. The second kappa shape index (κ2) is 7.77. The fourth-order valence-electron chi connectivity index (χ4n) is 2.43. The van der Waals surface area contributed by atoms with Crippen LogP contribution in [0.3, 0.4) is 0 Å². The summed E-state index contributed by atoms with van der Waals surface area (Å²) in [5.41, 5.74) is -1.03. The molecule has 0 saturated carbocycles. The first-order valence-corrected chi connectivity index (χ1v) is 9.86. The van der Waals surface area contributed by atoms with E-state index in [1.807, 2.05) is 0 Å². The van der Waals surface area contributed by atoms with Crippen LogP contribution in [0.25, 0.3) is 0 Å². The third-order valence-corrected chi connectivity index (χ3v) is 5.22. The average molecular weight is 421 g/mol. The van der Waals surface area contributed by atoms with Crippen LogP contribution < -0.4 is 9.62 Å². The van der Waals surface area contributed by atoms with Gasteiger partial charge in [-0.3, -0.25) is 9.10 Å². The van der Waals surface area contributed by atoms with Gasteiger partial charge in [0, 0.05) is 0 Å². The molecule has 0 aliphatic carbocycles. The summed E-state index contributed by atoms with van der Waals surface area (Å²) in [7, 11) is -4.05. The van der Waals surface area contributed by atoms with E-state index in [1.54, 1.807) is 12.1 Å². The summed E-state index contributed by atoms with van der Waals surface area (Å²) >= 11 is 5.96. The number of hydrogen-bond acceptors (Lipinski definition) is 3. The van der Waals surface area contributed by atoms with Gasteiger partial charge in [0.1, 0.15) is 6.04 Å². The molecule has 27 heavy (non-hydrogen) atoms. The molecule has 0 aliphatic heterocycles. The van der Waals surface area contributed by atoms with E-state index in [-0.39, 0.29) is 16.4 Å².